The number of fused-ring (bicyclic) bond motifs is 2. The lowest BCUT2D eigenvalue weighted by atomic mass is 9.85. The van der Waals surface area contributed by atoms with Crippen LogP contribution < -0.4 is 9.64 Å². The average Bonchev–Trinajstić information content (AvgIpc) is 3.09. The van der Waals surface area contributed by atoms with Crippen molar-refractivity contribution in [2.24, 2.45) is 4.99 Å². The van der Waals surface area contributed by atoms with E-state index in [1.165, 1.54) is 0 Å². The number of aliphatic imine (C=N–C) groups is 1. The van der Waals surface area contributed by atoms with Crippen molar-refractivity contribution in [1.82, 2.24) is 14.8 Å². The van der Waals surface area contributed by atoms with Gasteiger partial charge in [0.05, 0.1) is 30.9 Å². The van der Waals surface area contributed by atoms with Crippen LogP contribution in [0.4, 0.5) is 5.82 Å². The highest BCUT2D eigenvalue weighted by Crippen LogP contribution is 2.37. The van der Waals surface area contributed by atoms with Gasteiger partial charge in [-0.05, 0) is 31.9 Å². The molecule has 9 nitrogen and oxygen atoms in total. The van der Waals surface area contributed by atoms with Crippen molar-refractivity contribution < 1.29 is 19.1 Å². The Bertz CT molecular complexity index is 1090. The van der Waals surface area contributed by atoms with E-state index in [1.54, 1.807) is 30.3 Å². The molecular weight excluding hydrogens is 410 g/mol. The van der Waals surface area contributed by atoms with Crippen molar-refractivity contribution in [3.8, 4) is 5.75 Å². The maximum atomic E-state index is 13.2. The van der Waals surface area contributed by atoms with Crippen LogP contribution >= 0.6 is 0 Å². The summed E-state index contributed by atoms with van der Waals surface area (Å²) in [6, 6.07) is 1.42. The zero-order valence-electron chi connectivity index (χ0n) is 18.0. The van der Waals surface area contributed by atoms with Crippen LogP contribution in [0.1, 0.15) is 36.5 Å². The molecule has 9 heteroatoms. The predicted octanol–water partition coefficient (Wildman–Crippen LogP) is 1.72. The van der Waals surface area contributed by atoms with Gasteiger partial charge in [0.1, 0.15) is 18.5 Å². The number of ether oxygens (including phenoxy) is 2. The van der Waals surface area contributed by atoms with Crippen LogP contribution in [0.5, 0.6) is 5.75 Å². The number of hydrogen-bond acceptors (Lipinski definition) is 7. The van der Waals surface area contributed by atoms with E-state index < -0.39 is 0 Å². The van der Waals surface area contributed by atoms with Gasteiger partial charge in [-0.25, -0.2) is 4.98 Å². The standard InChI is InChI=1S/C23H25N5O4/c1-15-21(29)28-7-3-17(12-19(28)25-15)27-8-10-31-18-11-16(13-24-20(18)27)22(30)26-6-2-4-23(14-26)5-9-32-23/h3,7,11-13,15H,2,4-6,8-10,14H2,1H3. The highest BCUT2D eigenvalue weighted by molar-refractivity contribution is 6.12. The Labute approximate surface area is 186 Å². The number of hydrogen-bond donors (Lipinski definition) is 0. The maximum absolute atomic E-state index is 13.2. The number of likely N-dealkylation sites (tertiary alicyclic amines) is 1. The van der Waals surface area contributed by atoms with Crippen molar-refractivity contribution >= 4 is 23.5 Å². The lowest BCUT2D eigenvalue weighted by Crippen LogP contribution is -2.57. The first-order valence-electron chi connectivity index (χ1n) is 11.2. The van der Waals surface area contributed by atoms with Crippen molar-refractivity contribution in [1.29, 1.82) is 0 Å². The largest absolute Gasteiger partial charge is 0.488 e. The number of allylic oxidation sites excluding steroid dienone is 1. The Morgan fingerprint density at radius 1 is 1.25 bits per heavy atom. The topological polar surface area (TPSA) is 87.6 Å². The third-order valence-corrected chi connectivity index (χ3v) is 6.85. The number of anilines is 1. The quantitative estimate of drug-likeness (QED) is 0.703. The molecule has 6 heterocycles. The van der Waals surface area contributed by atoms with Gasteiger partial charge in [0.15, 0.2) is 11.6 Å². The molecule has 0 aliphatic carbocycles. The first kappa shape index (κ1) is 19.5. The number of nitrogens with zero attached hydrogens (tertiary/aromatic N) is 5. The van der Waals surface area contributed by atoms with Crippen LogP contribution in [0.15, 0.2) is 41.3 Å². The van der Waals surface area contributed by atoms with E-state index in [2.05, 4.69) is 9.98 Å². The lowest BCUT2D eigenvalue weighted by molar-refractivity contribution is -0.171. The normalized spacial score (nSPS) is 28.6. The number of aromatic nitrogens is 1. The first-order chi connectivity index (χ1) is 15.5. The third-order valence-electron chi connectivity index (χ3n) is 6.85. The van der Waals surface area contributed by atoms with E-state index in [1.807, 2.05) is 22.0 Å². The van der Waals surface area contributed by atoms with E-state index in [-0.39, 0.29) is 23.5 Å². The van der Waals surface area contributed by atoms with E-state index in [9.17, 15) is 9.59 Å². The Hall–Kier alpha value is -3.20. The number of carbonyl (C=O) groups is 2. The fraction of sp³-hybridized carbons (Fsp3) is 0.478. The Kier molecular flexibility index (Phi) is 4.36. The van der Waals surface area contributed by atoms with Crippen molar-refractivity contribution in [3.05, 3.63) is 41.9 Å². The van der Waals surface area contributed by atoms with Crippen molar-refractivity contribution in [2.75, 3.05) is 37.7 Å². The van der Waals surface area contributed by atoms with Crippen LogP contribution in [-0.2, 0) is 9.53 Å². The number of amides is 2. The molecule has 0 N–H and O–H groups in total. The number of amidine groups is 1. The summed E-state index contributed by atoms with van der Waals surface area (Å²) >= 11 is 0. The Morgan fingerprint density at radius 3 is 2.94 bits per heavy atom. The second-order valence-corrected chi connectivity index (χ2v) is 8.91. The van der Waals surface area contributed by atoms with E-state index in [4.69, 9.17) is 9.47 Å². The van der Waals surface area contributed by atoms with Gasteiger partial charge >= 0.3 is 0 Å². The molecule has 5 aliphatic heterocycles. The highest BCUT2D eigenvalue weighted by atomic mass is 16.5. The van der Waals surface area contributed by atoms with E-state index in [0.29, 0.717) is 42.7 Å². The molecule has 166 valence electrons. The molecule has 0 bridgehead atoms. The minimum absolute atomic E-state index is 0.0259. The summed E-state index contributed by atoms with van der Waals surface area (Å²) in [7, 11) is 0. The van der Waals surface area contributed by atoms with Gasteiger partial charge in [-0.3, -0.25) is 19.5 Å². The molecular formula is C23H25N5O4. The van der Waals surface area contributed by atoms with Gasteiger partial charge < -0.3 is 19.3 Å². The predicted molar refractivity (Wildman–Crippen MR) is 116 cm³/mol. The van der Waals surface area contributed by atoms with Crippen LogP contribution in [0, 0.1) is 0 Å². The molecule has 2 atom stereocenters. The SMILES string of the molecule is CC1N=C2C=C(N3CCOc4cc(C(=O)N5CCCC6(CCO6)C5)cnc43)C=CN2C1=O. The second kappa shape index (κ2) is 7.16. The molecule has 1 spiro atoms. The van der Waals surface area contributed by atoms with Crippen LogP contribution in [0.3, 0.4) is 0 Å². The zero-order chi connectivity index (χ0) is 21.9. The molecule has 6 rings (SSSR count). The average molecular weight is 435 g/mol. The highest BCUT2D eigenvalue weighted by Gasteiger charge is 2.43. The molecule has 1 aromatic heterocycles. The summed E-state index contributed by atoms with van der Waals surface area (Å²) in [6.45, 7) is 5.05. The van der Waals surface area contributed by atoms with Gasteiger partial charge in [-0.2, -0.15) is 0 Å². The van der Waals surface area contributed by atoms with Gasteiger partial charge in [0.2, 0.25) is 0 Å². The van der Waals surface area contributed by atoms with Gasteiger partial charge in [-0.1, -0.05) is 0 Å². The summed E-state index contributed by atoms with van der Waals surface area (Å²) in [6.07, 6.45) is 10.2. The van der Waals surface area contributed by atoms with Crippen LogP contribution in [-0.4, -0.2) is 76.9 Å². The summed E-state index contributed by atoms with van der Waals surface area (Å²) in [4.78, 5) is 39.8. The van der Waals surface area contributed by atoms with Gasteiger partial charge in [-0.15, -0.1) is 0 Å². The van der Waals surface area contributed by atoms with Crippen molar-refractivity contribution in [2.45, 2.75) is 37.8 Å². The summed E-state index contributed by atoms with van der Waals surface area (Å²) in [5.41, 5.74) is 1.28. The smallest absolute Gasteiger partial charge is 0.256 e. The Balaban J connectivity index is 1.25. The molecule has 2 unspecified atom stereocenters. The second-order valence-electron chi connectivity index (χ2n) is 8.91. The maximum Gasteiger partial charge on any atom is 0.256 e. The number of rotatable bonds is 2. The molecule has 32 heavy (non-hydrogen) atoms. The summed E-state index contributed by atoms with van der Waals surface area (Å²) in [5, 5.41) is 0. The summed E-state index contributed by atoms with van der Waals surface area (Å²) in [5.74, 6) is 1.82. The molecule has 2 saturated heterocycles. The zero-order valence-corrected chi connectivity index (χ0v) is 18.0. The fourth-order valence-electron chi connectivity index (χ4n) is 5.02. The molecule has 0 aromatic carbocycles. The number of pyridine rings is 1. The third kappa shape index (κ3) is 3.02. The van der Waals surface area contributed by atoms with E-state index in [0.717, 1.165) is 38.1 Å². The fourth-order valence-corrected chi connectivity index (χ4v) is 5.02. The number of piperidine rings is 1. The molecule has 2 fully saturated rings. The summed E-state index contributed by atoms with van der Waals surface area (Å²) < 4.78 is 11.7. The van der Waals surface area contributed by atoms with Crippen molar-refractivity contribution in [3.63, 3.8) is 0 Å². The molecule has 0 saturated carbocycles. The van der Waals surface area contributed by atoms with Gasteiger partial charge in [0.25, 0.3) is 11.8 Å². The monoisotopic (exact) mass is 435 g/mol. The number of carbonyl (C=O) groups excluding carboxylic acids is 2. The van der Waals surface area contributed by atoms with Crippen LogP contribution in [0.25, 0.3) is 0 Å². The minimum atomic E-state index is -0.367. The van der Waals surface area contributed by atoms with Crippen LogP contribution in [0.2, 0.25) is 0 Å². The van der Waals surface area contributed by atoms with E-state index >= 15 is 0 Å². The lowest BCUT2D eigenvalue weighted by Gasteiger charge is -2.48. The van der Waals surface area contributed by atoms with Gasteiger partial charge in [0, 0.05) is 37.1 Å². The molecule has 0 radical (unpaired) electrons. The molecule has 2 amide bonds. The molecule has 1 aromatic rings. The first-order valence-corrected chi connectivity index (χ1v) is 11.2. The molecule has 5 aliphatic rings. The minimum Gasteiger partial charge on any atom is -0.488 e. The Morgan fingerprint density at radius 2 is 2.12 bits per heavy atom.